The molecule has 0 saturated heterocycles. The number of rotatable bonds is 9. The molecule has 0 spiro atoms. The minimum Gasteiger partial charge on any atom is -0.369 e. The van der Waals surface area contributed by atoms with Gasteiger partial charge >= 0.3 is 0 Å². The molecule has 0 aliphatic heterocycles. The van der Waals surface area contributed by atoms with Crippen molar-refractivity contribution in [2.24, 2.45) is 11.7 Å². The van der Waals surface area contributed by atoms with Crippen molar-refractivity contribution in [3.05, 3.63) is 52.5 Å². The van der Waals surface area contributed by atoms with Gasteiger partial charge in [-0.1, -0.05) is 38.7 Å². The summed E-state index contributed by atoms with van der Waals surface area (Å²) in [6.45, 7) is 2.10. The number of pyridine rings is 1. The molecule has 1 aliphatic rings. The molecular formula is C20H24N2O4. The van der Waals surface area contributed by atoms with Crippen molar-refractivity contribution in [1.82, 2.24) is 4.57 Å². The highest BCUT2D eigenvalue weighted by Gasteiger charge is 2.29. The van der Waals surface area contributed by atoms with Gasteiger partial charge < -0.3 is 5.73 Å². The second kappa shape index (κ2) is 9.08. The van der Waals surface area contributed by atoms with E-state index in [1.54, 1.807) is 12.1 Å². The Hall–Kier alpha value is -2.76. The van der Waals surface area contributed by atoms with Crippen LogP contribution in [0.3, 0.4) is 0 Å². The van der Waals surface area contributed by atoms with Gasteiger partial charge in [-0.2, -0.15) is 0 Å². The zero-order chi connectivity index (χ0) is 19.1. The summed E-state index contributed by atoms with van der Waals surface area (Å²) in [6, 6.07) is 4.63. The summed E-state index contributed by atoms with van der Waals surface area (Å²) in [7, 11) is 0. The molecule has 2 rings (SSSR count). The smallest absolute Gasteiger partial charge is 0.255 e. The van der Waals surface area contributed by atoms with E-state index in [0.29, 0.717) is 12.1 Å². The number of aromatic nitrogens is 1. The van der Waals surface area contributed by atoms with E-state index in [1.807, 2.05) is 0 Å². The first-order valence-corrected chi connectivity index (χ1v) is 8.93. The number of amides is 1. The quantitative estimate of drug-likeness (QED) is 0.416. The number of unbranched alkanes of at least 4 members (excludes halogenated alkanes) is 3. The van der Waals surface area contributed by atoms with Gasteiger partial charge in [0.1, 0.15) is 0 Å². The normalized spacial score (nSPS) is 15.4. The molecular weight excluding hydrogens is 332 g/mol. The highest BCUT2D eigenvalue weighted by molar-refractivity contribution is 6.49. The van der Waals surface area contributed by atoms with Crippen LogP contribution in [-0.4, -0.2) is 22.0 Å². The second-order valence-electron chi connectivity index (χ2n) is 6.45. The number of hydrogen-bond acceptors (Lipinski definition) is 4. The fourth-order valence-electron chi connectivity index (χ4n) is 3.05. The van der Waals surface area contributed by atoms with E-state index in [2.05, 4.69) is 6.92 Å². The van der Waals surface area contributed by atoms with Crippen LogP contribution in [0.25, 0.3) is 5.70 Å². The molecule has 1 unspecified atom stereocenters. The molecule has 0 radical (unpaired) electrons. The Morgan fingerprint density at radius 2 is 1.88 bits per heavy atom. The van der Waals surface area contributed by atoms with Gasteiger partial charge in [0.15, 0.2) is 0 Å². The average Bonchev–Trinajstić information content (AvgIpc) is 2.62. The molecule has 1 aromatic rings. The summed E-state index contributed by atoms with van der Waals surface area (Å²) >= 11 is 0. The minimum atomic E-state index is -0.682. The minimum absolute atomic E-state index is 0.0625. The molecule has 26 heavy (non-hydrogen) atoms. The van der Waals surface area contributed by atoms with E-state index >= 15 is 0 Å². The van der Waals surface area contributed by atoms with Gasteiger partial charge in [0.25, 0.3) is 5.56 Å². The van der Waals surface area contributed by atoms with E-state index in [-0.39, 0.29) is 17.6 Å². The third kappa shape index (κ3) is 4.65. The molecule has 0 aromatic carbocycles. The predicted octanol–water partition coefficient (Wildman–Crippen LogP) is 2.23. The Morgan fingerprint density at radius 3 is 2.54 bits per heavy atom. The molecule has 1 aliphatic carbocycles. The van der Waals surface area contributed by atoms with Crippen LogP contribution in [0.15, 0.2) is 46.9 Å². The first-order chi connectivity index (χ1) is 12.5. The van der Waals surface area contributed by atoms with Gasteiger partial charge in [0.2, 0.25) is 17.5 Å². The predicted molar refractivity (Wildman–Crippen MR) is 99.1 cm³/mol. The van der Waals surface area contributed by atoms with E-state index in [4.69, 9.17) is 5.73 Å². The summed E-state index contributed by atoms with van der Waals surface area (Å²) in [5.74, 6) is -2.37. The lowest BCUT2D eigenvalue weighted by molar-refractivity contribution is -0.132. The summed E-state index contributed by atoms with van der Waals surface area (Å²) in [5.41, 5.74) is 5.71. The Labute approximate surface area is 152 Å². The summed E-state index contributed by atoms with van der Waals surface area (Å²) in [6.07, 6.45) is 8.71. The van der Waals surface area contributed by atoms with Gasteiger partial charge in [-0.25, -0.2) is 0 Å². The molecule has 6 nitrogen and oxygen atoms in total. The van der Waals surface area contributed by atoms with Crippen LogP contribution < -0.4 is 11.3 Å². The van der Waals surface area contributed by atoms with E-state index in [1.165, 1.54) is 22.9 Å². The maximum atomic E-state index is 12.4. The number of nitrogens with two attached hydrogens (primary N) is 1. The lowest BCUT2D eigenvalue weighted by Gasteiger charge is -2.20. The van der Waals surface area contributed by atoms with Crippen LogP contribution in [0.1, 0.15) is 45.4 Å². The molecule has 6 heteroatoms. The Kier molecular flexibility index (Phi) is 6.83. The van der Waals surface area contributed by atoms with Gasteiger partial charge in [0.05, 0.1) is 5.70 Å². The third-order valence-electron chi connectivity index (χ3n) is 4.54. The van der Waals surface area contributed by atoms with Gasteiger partial charge in [-0.15, -0.1) is 0 Å². The lowest BCUT2D eigenvalue weighted by atomic mass is 9.87. The Bertz CT molecular complexity index is 817. The summed E-state index contributed by atoms with van der Waals surface area (Å²) < 4.78 is 1.31. The molecule has 0 fully saturated rings. The highest BCUT2D eigenvalue weighted by atomic mass is 16.2. The molecule has 1 atom stereocenters. The van der Waals surface area contributed by atoms with Crippen LogP contribution in [0.4, 0.5) is 0 Å². The molecule has 1 aromatic heterocycles. The number of primary amides is 1. The van der Waals surface area contributed by atoms with Gasteiger partial charge in [-0.05, 0) is 31.1 Å². The van der Waals surface area contributed by atoms with Gasteiger partial charge in [-0.3, -0.25) is 23.7 Å². The van der Waals surface area contributed by atoms with Crippen molar-refractivity contribution in [3.8, 4) is 0 Å². The summed E-state index contributed by atoms with van der Waals surface area (Å²) in [4.78, 5) is 48.2. The molecule has 0 bridgehead atoms. The number of Topliss-reactive ketones (excluding diaryl/α,β-unsaturated/α-hetero) is 1. The van der Waals surface area contributed by atoms with Crippen molar-refractivity contribution < 1.29 is 14.4 Å². The summed E-state index contributed by atoms with van der Waals surface area (Å²) in [5, 5.41) is 0. The third-order valence-corrected chi connectivity index (χ3v) is 4.54. The van der Waals surface area contributed by atoms with Crippen LogP contribution in [0.5, 0.6) is 0 Å². The zero-order valence-electron chi connectivity index (χ0n) is 14.9. The fraction of sp³-hybridized carbons (Fsp3) is 0.400. The molecule has 138 valence electrons. The number of allylic oxidation sites excluding steroid dienone is 4. The average molecular weight is 356 g/mol. The molecule has 0 saturated carbocycles. The Balaban J connectivity index is 2.35. The van der Waals surface area contributed by atoms with Crippen LogP contribution in [-0.2, 0) is 14.4 Å². The first kappa shape index (κ1) is 19.6. The maximum Gasteiger partial charge on any atom is 0.255 e. The first-order valence-electron chi connectivity index (χ1n) is 8.93. The SMILES string of the molecule is CCCCCCC(CC1=C(n2ccccc2=O)C=CC(=O)C1=O)C(N)=O. The van der Waals surface area contributed by atoms with Crippen molar-refractivity contribution in [2.75, 3.05) is 0 Å². The zero-order valence-corrected chi connectivity index (χ0v) is 14.9. The largest absolute Gasteiger partial charge is 0.369 e. The maximum absolute atomic E-state index is 12.4. The number of nitrogens with zero attached hydrogens (tertiary/aromatic N) is 1. The number of ketones is 2. The fourth-order valence-corrected chi connectivity index (χ4v) is 3.05. The van der Waals surface area contributed by atoms with Crippen molar-refractivity contribution >= 4 is 23.2 Å². The monoisotopic (exact) mass is 356 g/mol. The van der Waals surface area contributed by atoms with Gasteiger partial charge in [0, 0.05) is 23.8 Å². The number of hydrogen-bond donors (Lipinski definition) is 1. The van der Waals surface area contributed by atoms with E-state index < -0.39 is 23.4 Å². The van der Waals surface area contributed by atoms with E-state index in [0.717, 1.165) is 31.8 Å². The lowest BCUT2D eigenvalue weighted by Crippen LogP contribution is -2.29. The molecule has 1 heterocycles. The molecule has 2 N–H and O–H groups in total. The number of carbonyl (C=O) groups excluding carboxylic acids is 3. The van der Waals surface area contributed by atoms with Crippen LogP contribution >= 0.6 is 0 Å². The van der Waals surface area contributed by atoms with E-state index in [9.17, 15) is 19.2 Å². The van der Waals surface area contributed by atoms with Crippen LogP contribution in [0, 0.1) is 5.92 Å². The number of carbonyl (C=O) groups is 3. The van der Waals surface area contributed by atoms with Crippen molar-refractivity contribution in [3.63, 3.8) is 0 Å². The van der Waals surface area contributed by atoms with Crippen LogP contribution in [0.2, 0.25) is 0 Å². The second-order valence-corrected chi connectivity index (χ2v) is 6.45. The Morgan fingerprint density at radius 1 is 1.12 bits per heavy atom. The molecule has 1 amide bonds. The topological polar surface area (TPSA) is 99.2 Å². The van der Waals surface area contributed by atoms with Crippen molar-refractivity contribution in [2.45, 2.75) is 45.4 Å². The van der Waals surface area contributed by atoms with Crippen molar-refractivity contribution in [1.29, 1.82) is 0 Å². The highest BCUT2D eigenvalue weighted by Crippen LogP contribution is 2.26. The standard InChI is InChI=1S/C20H24N2O4/c1-2-3-4-5-8-14(20(21)26)13-15-16(10-11-17(23)19(15)25)22-12-7-6-9-18(22)24/h6-7,9-12,14H,2-5,8,13H2,1H3,(H2,21,26).